The number of hydrogen-bond acceptors (Lipinski definition) is 1. The Bertz CT molecular complexity index is 479. The molecule has 2 heteroatoms. The molecule has 1 aliphatic heterocycles. The first-order chi connectivity index (χ1) is 7.83. The van der Waals surface area contributed by atoms with Crippen LogP contribution in [0, 0.1) is 0 Å². The van der Waals surface area contributed by atoms with Crippen molar-refractivity contribution in [2.45, 2.75) is 12.5 Å². The lowest BCUT2D eigenvalue weighted by Gasteiger charge is -2.11. The predicted octanol–water partition coefficient (Wildman–Crippen LogP) is 4.05. The first-order valence-electron chi connectivity index (χ1n) is 5.43. The van der Waals surface area contributed by atoms with Gasteiger partial charge in [-0.2, -0.15) is 0 Å². The molecular weight excluding hydrogens is 218 g/mol. The van der Waals surface area contributed by atoms with Crippen LogP contribution in [0.15, 0.2) is 48.5 Å². The Morgan fingerprint density at radius 3 is 2.50 bits per heavy atom. The largest absolute Gasteiger partial charge is 0.378 e. The van der Waals surface area contributed by atoms with Crippen LogP contribution < -0.4 is 5.32 Å². The molecule has 0 aromatic heterocycles. The number of benzene rings is 2. The summed E-state index contributed by atoms with van der Waals surface area (Å²) in [7, 11) is 0. The SMILES string of the molecule is Clc1ccc([C@H]2Cc3ccccc3N2)cc1. The predicted molar refractivity (Wildman–Crippen MR) is 68.0 cm³/mol. The molecule has 0 fully saturated rings. The van der Waals surface area contributed by atoms with Crippen molar-refractivity contribution < 1.29 is 0 Å². The minimum absolute atomic E-state index is 0.384. The van der Waals surface area contributed by atoms with E-state index in [0.29, 0.717) is 6.04 Å². The standard InChI is InChI=1S/C14H12ClN/c15-12-7-5-10(6-8-12)14-9-11-3-1-2-4-13(11)16-14/h1-8,14,16H,9H2/t14-/m1/s1. The molecule has 80 valence electrons. The van der Waals surface area contributed by atoms with Crippen LogP contribution >= 0.6 is 11.6 Å². The van der Waals surface area contributed by atoms with Gasteiger partial charge in [0.15, 0.2) is 0 Å². The zero-order valence-corrected chi connectivity index (χ0v) is 9.54. The summed E-state index contributed by atoms with van der Waals surface area (Å²) in [5.41, 5.74) is 3.94. The molecule has 1 atom stereocenters. The quantitative estimate of drug-likeness (QED) is 0.778. The summed E-state index contributed by atoms with van der Waals surface area (Å²) in [4.78, 5) is 0. The van der Waals surface area contributed by atoms with Gasteiger partial charge in [0.05, 0.1) is 6.04 Å². The highest BCUT2D eigenvalue weighted by molar-refractivity contribution is 6.30. The van der Waals surface area contributed by atoms with Crippen LogP contribution in [0.1, 0.15) is 17.2 Å². The number of nitrogens with one attached hydrogen (secondary N) is 1. The molecule has 16 heavy (non-hydrogen) atoms. The molecular formula is C14H12ClN. The van der Waals surface area contributed by atoms with Gasteiger partial charge in [-0.25, -0.2) is 0 Å². The molecule has 0 amide bonds. The van der Waals surface area contributed by atoms with Gasteiger partial charge in [0.1, 0.15) is 0 Å². The number of fused-ring (bicyclic) bond motifs is 1. The van der Waals surface area contributed by atoms with Gasteiger partial charge < -0.3 is 5.32 Å². The maximum Gasteiger partial charge on any atom is 0.0555 e. The van der Waals surface area contributed by atoms with Crippen molar-refractivity contribution in [3.63, 3.8) is 0 Å². The second-order valence-electron chi connectivity index (χ2n) is 4.11. The highest BCUT2D eigenvalue weighted by atomic mass is 35.5. The minimum Gasteiger partial charge on any atom is -0.378 e. The number of halogens is 1. The molecule has 0 unspecified atom stereocenters. The summed E-state index contributed by atoms with van der Waals surface area (Å²) in [5, 5.41) is 4.32. The van der Waals surface area contributed by atoms with Crippen LogP contribution in [0.3, 0.4) is 0 Å². The summed E-state index contributed by atoms with van der Waals surface area (Å²) in [6.07, 6.45) is 1.05. The van der Waals surface area contributed by atoms with Gasteiger partial charge in [0.25, 0.3) is 0 Å². The monoisotopic (exact) mass is 229 g/mol. The molecule has 1 heterocycles. The second-order valence-corrected chi connectivity index (χ2v) is 4.55. The Kier molecular flexibility index (Phi) is 2.33. The Morgan fingerprint density at radius 2 is 1.75 bits per heavy atom. The molecule has 1 nitrogen and oxygen atoms in total. The zero-order valence-electron chi connectivity index (χ0n) is 8.78. The van der Waals surface area contributed by atoms with Crippen LogP contribution in [0.2, 0.25) is 5.02 Å². The molecule has 0 aliphatic carbocycles. The molecule has 0 spiro atoms. The first-order valence-corrected chi connectivity index (χ1v) is 5.80. The average Bonchev–Trinajstić information content (AvgIpc) is 2.73. The molecule has 2 aromatic carbocycles. The lowest BCUT2D eigenvalue weighted by Crippen LogP contribution is -2.04. The lowest BCUT2D eigenvalue weighted by molar-refractivity contribution is 0.824. The van der Waals surface area contributed by atoms with Gasteiger partial charge in [0.2, 0.25) is 0 Å². The Balaban J connectivity index is 1.88. The van der Waals surface area contributed by atoms with Crippen LogP contribution in [-0.2, 0) is 6.42 Å². The summed E-state index contributed by atoms with van der Waals surface area (Å²) in [5.74, 6) is 0. The van der Waals surface area contributed by atoms with E-state index in [1.54, 1.807) is 0 Å². The van der Waals surface area contributed by atoms with Crippen molar-refractivity contribution in [3.05, 3.63) is 64.7 Å². The van der Waals surface area contributed by atoms with E-state index in [9.17, 15) is 0 Å². The third kappa shape index (κ3) is 1.68. The van der Waals surface area contributed by atoms with E-state index in [-0.39, 0.29) is 0 Å². The van der Waals surface area contributed by atoms with Crippen molar-refractivity contribution in [2.24, 2.45) is 0 Å². The van der Waals surface area contributed by atoms with Crippen molar-refractivity contribution in [3.8, 4) is 0 Å². The van der Waals surface area contributed by atoms with E-state index in [2.05, 4.69) is 41.7 Å². The summed E-state index contributed by atoms with van der Waals surface area (Å²) < 4.78 is 0. The highest BCUT2D eigenvalue weighted by Crippen LogP contribution is 2.33. The Morgan fingerprint density at radius 1 is 1.00 bits per heavy atom. The van der Waals surface area contributed by atoms with Gasteiger partial charge in [0, 0.05) is 10.7 Å². The molecule has 1 N–H and O–H groups in total. The van der Waals surface area contributed by atoms with E-state index < -0.39 is 0 Å². The van der Waals surface area contributed by atoms with E-state index in [0.717, 1.165) is 11.4 Å². The molecule has 0 saturated heterocycles. The van der Waals surface area contributed by atoms with E-state index in [1.165, 1.54) is 16.8 Å². The zero-order chi connectivity index (χ0) is 11.0. The number of anilines is 1. The van der Waals surface area contributed by atoms with Crippen LogP contribution in [-0.4, -0.2) is 0 Å². The lowest BCUT2D eigenvalue weighted by atomic mass is 10.0. The summed E-state index contributed by atoms with van der Waals surface area (Å²) in [6.45, 7) is 0. The van der Waals surface area contributed by atoms with Gasteiger partial charge in [-0.05, 0) is 35.7 Å². The summed E-state index contributed by atoms with van der Waals surface area (Å²) >= 11 is 5.89. The van der Waals surface area contributed by atoms with Gasteiger partial charge in [-0.3, -0.25) is 0 Å². The number of para-hydroxylation sites is 1. The fourth-order valence-corrected chi connectivity index (χ4v) is 2.32. The van der Waals surface area contributed by atoms with Crippen LogP contribution in [0.25, 0.3) is 0 Å². The van der Waals surface area contributed by atoms with Crippen molar-refractivity contribution >= 4 is 17.3 Å². The fraction of sp³-hybridized carbons (Fsp3) is 0.143. The fourth-order valence-electron chi connectivity index (χ4n) is 2.19. The Hall–Kier alpha value is -1.47. The Labute approximate surface area is 100 Å². The number of hydrogen-bond donors (Lipinski definition) is 1. The number of rotatable bonds is 1. The second kappa shape index (κ2) is 3.84. The average molecular weight is 230 g/mol. The molecule has 3 rings (SSSR count). The van der Waals surface area contributed by atoms with Gasteiger partial charge in [-0.15, -0.1) is 0 Å². The minimum atomic E-state index is 0.384. The third-order valence-corrected chi connectivity index (χ3v) is 3.30. The van der Waals surface area contributed by atoms with Crippen LogP contribution in [0.4, 0.5) is 5.69 Å². The van der Waals surface area contributed by atoms with Crippen molar-refractivity contribution in [2.75, 3.05) is 5.32 Å². The molecule has 0 bridgehead atoms. The molecule has 0 radical (unpaired) electrons. The first kappa shape index (κ1) is 9.73. The maximum atomic E-state index is 5.89. The van der Waals surface area contributed by atoms with Crippen molar-refractivity contribution in [1.29, 1.82) is 0 Å². The maximum absolute atomic E-state index is 5.89. The van der Waals surface area contributed by atoms with Crippen LogP contribution in [0.5, 0.6) is 0 Å². The topological polar surface area (TPSA) is 12.0 Å². The van der Waals surface area contributed by atoms with Gasteiger partial charge in [-0.1, -0.05) is 41.9 Å². The highest BCUT2D eigenvalue weighted by Gasteiger charge is 2.20. The van der Waals surface area contributed by atoms with E-state index >= 15 is 0 Å². The smallest absolute Gasteiger partial charge is 0.0555 e. The van der Waals surface area contributed by atoms with E-state index in [4.69, 9.17) is 11.6 Å². The van der Waals surface area contributed by atoms with E-state index in [1.807, 2.05) is 12.1 Å². The summed E-state index contributed by atoms with van der Waals surface area (Å²) in [6, 6.07) is 16.9. The van der Waals surface area contributed by atoms with Gasteiger partial charge >= 0.3 is 0 Å². The van der Waals surface area contributed by atoms with Crippen molar-refractivity contribution in [1.82, 2.24) is 0 Å². The molecule has 1 aliphatic rings. The molecule has 0 saturated carbocycles. The normalized spacial score (nSPS) is 17.9. The third-order valence-electron chi connectivity index (χ3n) is 3.04. The molecule has 2 aromatic rings.